The van der Waals surface area contributed by atoms with Gasteiger partial charge in [0.25, 0.3) is 0 Å². The van der Waals surface area contributed by atoms with E-state index in [2.05, 4.69) is 0 Å². The SMILES string of the molecule is COc1ccc([C@H]2Oc3cc(O)cc(O)c3C(=O)C2O)cc1O.O=C(/C=C/C=C/c1ccc2c(c1)OCO2)N1CCCCC1.O=c1c(O)c(-c2cc(O)c(O)c(O)c2)oc2cc(O)cc(O)c12. The van der Waals surface area contributed by atoms with Crippen molar-refractivity contribution in [2.24, 2.45) is 0 Å². The molecule has 9 rings (SSSR count). The number of aliphatic hydroxyl groups is 1. The average molecular weight is 922 g/mol. The number of hydrogen-bond donors (Lipinski definition) is 10. The maximum absolute atomic E-state index is 12.3. The summed E-state index contributed by atoms with van der Waals surface area (Å²) in [7, 11) is 1.39. The normalized spacial score (nSPS) is 16.1. The number of rotatable bonds is 6. The molecule has 1 fully saturated rings. The van der Waals surface area contributed by atoms with Gasteiger partial charge in [-0.05, 0) is 66.8 Å². The van der Waals surface area contributed by atoms with Gasteiger partial charge in [-0.15, -0.1) is 0 Å². The summed E-state index contributed by atoms with van der Waals surface area (Å²) >= 11 is 0. The summed E-state index contributed by atoms with van der Waals surface area (Å²) < 4.78 is 26.4. The van der Waals surface area contributed by atoms with E-state index in [1.165, 1.54) is 37.8 Å². The number of hydrogen-bond acceptors (Lipinski definition) is 18. The molecule has 10 N–H and O–H groups in total. The predicted molar refractivity (Wildman–Crippen MR) is 237 cm³/mol. The molecule has 3 aliphatic heterocycles. The van der Waals surface area contributed by atoms with Crippen LogP contribution in [0.2, 0.25) is 0 Å². The first kappa shape index (κ1) is 46.3. The van der Waals surface area contributed by atoms with Gasteiger partial charge in [-0.3, -0.25) is 14.4 Å². The third-order valence-corrected chi connectivity index (χ3v) is 10.6. The minimum Gasteiger partial charge on any atom is -0.508 e. The van der Waals surface area contributed by atoms with Gasteiger partial charge in [0.2, 0.25) is 29.7 Å². The van der Waals surface area contributed by atoms with Crippen molar-refractivity contribution in [1.82, 2.24) is 4.90 Å². The Labute approximate surface area is 379 Å². The molecule has 0 bridgehead atoms. The highest BCUT2D eigenvalue weighted by Crippen LogP contribution is 2.44. The van der Waals surface area contributed by atoms with Gasteiger partial charge in [0, 0.05) is 49.0 Å². The van der Waals surface area contributed by atoms with E-state index >= 15 is 0 Å². The van der Waals surface area contributed by atoms with E-state index in [9.17, 15) is 65.4 Å². The number of aromatic hydroxyl groups is 9. The van der Waals surface area contributed by atoms with Gasteiger partial charge < -0.3 is 79.3 Å². The Morgan fingerprint density at radius 2 is 1.39 bits per heavy atom. The van der Waals surface area contributed by atoms with Crippen LogP contribution < -0.4 is 24.4 Å². The van der Waals surface area contributed by atoms with Crippen LogP contribution >= 0.6 is 0 Å². The first-order valence-corrected chi connectivity index (χ1v) is 20.4. The standard InChI is InChI=1S/C17H19NO3.C16H14O7.C15H10O8/c19-17(18-10-4-1-5-11-18)7-3-2-6-14-8-9-15-16(12-14)21-13-20-15;1-22-11-3-2-7(4-9(11)18)16-15(21)14(20)13-10(19)5-8(17)6-12(13)23-16;16-6-3-7(17)11-10(4-6)23-15(14(22)13(11)21)5-1-8(18)12(20)9(19)2-5/h2-3,6-9,12H,1,4-5,10-11,13H2;2-6,15-19,21H,1H3;1-4,16-20,22H/b6-2+,7-3+;;/t;15?,16-;/m.1./s1. The average Bonchev–Trinajstić information content (AvgIpc) is 3.77. The van der Waals surface area contributed by atoms with E-state index in [4.69, 9.17) is 23.4 Å². The van der Waals surface area contributed by atoms with Crippen LogP contribution in [-0.4, -0.2) is 101 Å². The zero-order valence-electron chi connectivity index (χ0n) is 35.3. The Bertz CT molecular complexity index is 2960. The van der Waals surface area contributed by atoms with Gasteiger partial charge >= 0.3 is 0 Å². The molecule has 19 nitrogen and oxygen atoms in total. The number of amides is 1. The summed E-state index contributed by atoms with van der Waals surface area (Å²) in [4.78, 5) is 38.3. The molecule has 4 heterocycles. The van der Waals surface area contributed by atoms with Crippen molar-refractivity contribution in [1.29, 1.82) is 0 Å². The smallest absolute Gasteiger partial charge is 0.246 e. The molecule has 1 amide bonds. The Hall–Kier alpha value is -8.71. The lowest BCUT2D eigenvalue weighted by Gasteiger charge is -2.30. The third kappa shape index (κ3) is 10.0. The number of Topliss-reactive ketones (excluding diaryl/α,β-unsaturated/α-hetero) is 1. The second kappa shape index (κ2) is 19.6. The van der Waals surface area contributed by atoms with Crippen molar-refractivity contribution in [2.45, 2.75) is 31.5 Å². The van der Waals surface area contributed by atoms with Crippen molar-refractivity contribution in [3.05, 3.63) is 118 Å². The number of carbonyl (C=O) groups excluding carboxylic acids is 2. The van der Waals surface area contributed by atoms with E-state index in [1.807, 2.05) is 35.3 Å². The van der Waals surface area contributed by atoms with Crippen LogP contribution in [0.3, 0.4) is 0 Å². The van der Waals surface area contributed by atoms with Gasteiger partial charge in [-0.2, -0.15) is 0 Å². The molecule has 2 atom stereocenters. The third-order valence-electron chi connectivity index (χ3n) is 10.6. The van der Waals surface area contributed by atoms with Gasteiger partial charge in [-0.25, -0.2) is 0 Å². The van der Waals surface area contributed by atoms with E-state index < -0.39 is 63.7 Å². The molecule has 3 aliphatic rings. The summed E-state index contributed by atoms with van der Waals surface area (Å²) in [6.07, 6.45) is 8.06. The fourth-order valence-electron chi connectivity index (χ4n) is 7.30. The molecule has 1 saturated heterocycles. The lowest BCUT2D eigenvalue weighted by Crippen LogP contribution is -2.36. The number of fused-ring (bicyclic) bond motifs is 3. The fraction of sp³-hybridized carbons (Fsp3) is 0.188. The lowest BCUT2D eigenvalue weighted by atomic mass is 9.92. The van der Waals surface area contributed by atoms with E-state index in [1.54, 1.807) is 12.2 Å². The molecular formula is C48H43NO18. The zero-order chi connectivity index (χ0) is 48.1. The number of ketones is 1. The first-order chi connectivity index (χ1) is 32.0. The molecule has 1 aromatic heterocycles. The highest BCUT2D eigenvalue weighted by atomic mass is 16.7. The van der Waals surface area contributed by atoms with Crippen LogP contribution in [0.5, 0.6) is 74.7 Å². The number of piperidine rings is 1. The second-order valence-electron chi connectivity index (χ2n) is 15.1. The van der Waals surface area contributed by atoms with E-state index in [0.717, 1.165) is 73.3 Å². The molecule has 5 aromatic carbocycles. The van der Waals surface area contributed by atoms with Crippen LogP contribution in [0, 0.1) is 0 Å². The Morgan fingerprint density at radius 1 is 0.701 bits per heavy atom. The maximum atomic E-state index is 12.3. The maximum Gasteiger partial charge on any atom is 0.246 e. The van der Waals surface area contributed by atoms with Crippen LogP contribution in [-0.2, 0) is 4.79 Å². The number of likely N-dealkylation sites (tertiary alicyclic amines) is 1. The number of aliphatic hydroxyl groups excluding tert-OH is 1. The fourth-order valence-corrected chi connectivity index (χ4v) is 7.30. The monoisotopic (exact) mass is 921 g/mol. The van der Waals surface area contributed by atoms with Gasteiger partial charge in [0.1, 0.15) is 45.3 Å². The van der Waals surface area contributed by atoms with Crippen LogP contribution in [0.4, 0.5) is 0 Å². The lowest BCUT2D eigenvalue weighted by molar-refractivity contribution is -0.126. The van der Waals surface area contributed by atoms with Crippen molar-refractivity contribution in [3.8, 4) is 86.1 Å². The van der Waals surface area contributed by atoms with Gasteiger partial charge in [0.15, 0.2) is 58.2 Å². The van der Waals surface area contributed by atoms with Crippen LogP contribution in [0.25, 0.3) is 28.4 Å². The van der Waals surface area contributed by atoms with Crippen LogP contribution in [0.15, 0.2) is 100 Å². The Morgan fingerprint density at radius 3 is 2.09 bits per heavy atom. The number of carbonyl (C=O) groups is 2. The van der Waals surface area contributed by atoms with E-state index in [0.29, 0.717) is 5.56 Å². The number of phenols is 8. The van der Waals surface area contributed by atoms with Crippen LogP contribution in [0.1, 0.15) is 46.9 Å². The van der Waals surface area contributed by atoms with Gasteiger partial charge in [-0.1, -0.05) is 30.4 Å². The summed E-state index contributed by atoms with van der Waals surface area (Å²) in [5.74, 6) is -4.20. The first-order valence-electron chi connectivity index (χ1n) is 20.4. The highest BCUT2D eigenvalue weighted by Gasteiger charge is 2.39. The Kier molecular flexibility index (Phi) is 13.5. The molecule has 19 heteroatoms. The topological polar surface area (TPSA) is 307 Å². The predicted octanol–water partition coefficient (Wildman–Crippen LogP) is 6.18. The quantitative estimate of drug-likeness (QED) is 0.0506. The summed E-state index contributed by atoms with van der Waals surface area (Å²) in [5.41, 5.74) is -0.105. The van der Waals surface area contributed by atoms with Gasteiger partial charge in [0.05, 0.1) is 7.11 Å². The number of allylic oxidation sites excluding steroid dienone is 2. The zero-order valence-corrected chi connectivity index (χ0v) is 35.3. The largest absolute Gasteiger partial charge is 0.508 e. The molecule has 0 spiro atoms. The molecule has 0 saturated carbocycles. The summed E-state index contributed by atoms with van der Waals surface area (Å²) in [6.45, 7) is 2.05. The van der Waals surface area contributed by atoms with Crippen molar-refractivity contribution < 1.29 is 84.0 Å². The number of methoxy groups -OCH3 is 1. The molecular weight excluding hydrogens is 879 g/mol. The molecule has 67 heavy (non-hydrogen) atoms. The minimum absolute atomic E-state index is 0.0434. The Balaban J connectivity index is 0.000000149. The molecule has 348 valence electrons. The highest BCUT2D eigenvalue weighted by molar-refractivity contribution is 6.05. The number of phenolic OH excluding ortho intramolecular Hbond substituents is 8. The summed E-state index contributed by atoms with van der Waals surface area (Å²) in [6, 6.07) is 16.2. The number of ether oxygens (including phenoxy) is 4. The molecule has 6 aromatic rings. The minimum atomic E-state index is -1.56. The van der Waals surface area contributed by atoms with Crippen molar-refractivity contribution in [3.63, 3.8) is 0 Å². The summed E-state index contributed by atoms with van der Waals surface area (Å²) in [5, 5.41) is 96.5. The van der Waals surface area contributed by atoms with Crippen molar-refractivity contribution in [2.75, 3.05) is 27.0 Å². The van der Waals surface area contributed by atoms with E-state index in [-0.39, 0.29) is 63.5 Å². The molecule has 1 unspecified atom stereocenters. The number of benzene rings is 5. The molecule has 0 radical (unpaired) electrons. The molecule has 0 aliphatic carbocycles. The van der Waals surface area contributed by atoms with Crippen molar-refractivity contribution >= 4 is 28.7 Å². The number of nitrogens with zero attached hydrogens (tertiary/aromatic N) is 1. The second-order valence-corrected chi connectivity index (χ2v) is 15.1.